The van der Waals surface area contributed by atoms with Crippen molar-refractivity contribution in [2.45, 2.75) is 50.6 Å². The second-order valence-corrected chi connectivity index (χ2v) is 7.67. The largest absolute Gasteiger partial charge is 0.480 e. The fourth-order valence-corrected chi connectivity index (χ4v) is 5.32. The zero-order valence-corrected chi connectivity index (χ0v) is 13.1. The highest BCUT2D eigenvalue weighted by Gasteiger charge is 2.47. The van der Waals surface area contributed by atoms with Crippen LogP contribution in [0.25, 0.3) is 0 Å². The normalized spacial score (nSPS) is 35.5. The maximum atomic E-state index is 12.5. The average Bonchev–Trinajstić information content (AvgIpc) is 3.11. The first kappa shape index (κ1) is 15.0. The molecule has 1 aliphatic carbocycles. The SMILES string of the molecule is O=C(O)C1CC2CCCCC2N1C(=O)NCC1CCSC1. The van der Waals surface area contributed by atoms with Crippen molar-refractivity contribution in [1.82, 2.24) is 10.2 Å². The van der Waals surface area contributed by atoms with Crippen LogP contribution in [0.15, 0.2) is 0 Å². The van der Waals surface area contributed by atoms with E-state index in [9.17, 15) is 14.7 Å². The van der Waals surface area contributed by atoms with Gasteiger partial charge in [-0.25, -0.2) is 9.59 Å². The van der Waals surface area contributed by atoms with E-state index in [2.05, 4.69) is 5.32 Å². The molecule has 118 valence electrons. The number of carbonyl (C=O) groups excluding carboxylic acids is 1. The van der Waals surface area contributed by atoms with Crippen LogP contribution in [-0.4, -0.2) is 52.1 Å². The van der Waals surface area contributed by atoms with Gasteiger partial charge in [-0.15, -0.1) is 0 Å². The van der Waals surface area contributed by atoms with Gasteiger partial charge in [0, 0.05) is 12.6 Å². The van der Waals surface area contributed by atoms with Gasteiger partial charge in [0.05, 0.1) is 0 Å². The summed E-state index contributed by atoms with van der Waals surface area (Å²) in [5.41, 5.74) is 0. The maximum Gasteiger partial charge on any atom is 0.326 e. The van der Waals surface area contributed by atoms with Crippen molar-refractivity contribution in [3.8, 4) is 0 Å². The molecule has 0 aromatic heterocycles. The summed E-state index contributed by atoms with van der Waals surface area (Å²) in [7, 11) is 0. The Morgan fingerprint density at radius 1 is 1.24 bits per heavy atom. The lowest BCUT2D eigenvalue weighted by Gasteiger charge is -2.33. The van der Waals surface area contributed by atoms with Crippen molar-refractivity contribution in [2.24, 2.45) is 11.8 Å². The Hall–Kier alpha value is -0.910. The van der Waals surface area contributed by atoms with E-state index in [-0.39, 0.29) is 12.1 Å². The van der Waals surface area contributed by atoms with Crippen LogP contribution < -0.4 is 5.32 Å². The van der Waals surface area contributed by atoms with Crippen LogP contribution in [0.5, 0.6) is 0 Å². The molecule has 0 aromatic carbocycles. The molecular weight excluding hydrogens is 288 g/mol. The molecule has 0 bridgehead atoms. The number of likely N-dealkylation sites (tertiary alicyclic amines) is 1. The number of carbonyl (C=O) groups is 2. The van der Waals surface area contributed by atoms with E-state index in [0.717, 1.165) is 31.4 Å². The number of hydrogen-bond donors (Lipinski definition) is 2. The molecule has 2 amide bonds. The van der Waals surface area contributed by atoms with Crippen LogP contribution in [0.1, 0.15) is 38.5 Å². The van der Waals surface area contributed by atoms with Gasteiger partial charge in [0.15, 0.2) is 0 Å². The number of fused-ring (bicyclic) bond motifs is 1. The number of nitrogens with one attached hydrogen (secondary N) is 1. The molecule has 5 nitrogen and oxygen atoms in total. The molecule has 3 aliphatic rings. The molecule has 2 saturated heterocycles. The van der Waals surface area contributed by atoms with Crippen molar-refractivity contribution in [2.75, 3.05) is 18.1 Å². The minimum absolute atomic E-state index is 0.137. The quantitative estimate of drug-likeness (QED) is 0.838. The summed E-state index contributed by atoms with van der Waals surface area (Å²) < 4.78 is 0. The van der Waals surface area contributed by atoms with E-state index < -0.39 is 12.0 Å². The Balaban J connectivity index is 1.64. The van der Waals surface area contributed by atoms with E-state index >= 15 is 0 Å². The third-order valence-corrected chi connectivity index (χ3v) is 6.41. The standard InChI is InChI=1S/C15H24N2O3S/c18-14(19)13-7-11-3-1-2-4-12(11)17(13)15(20)16-8-10-5-6-21-9-10/h10-13H,1-9H2,(H,16,20)(H,18,19). The zero-order chi connectivity index (χ0) is 14.8. The van der Waals surface area contributed by atoms with Crippen LogP contribution >= 0.6 is 11.8 Å². The monoisotopic (exact) mass is 312 g/mol. The van der Waals surface area contributed by atoms with E-state index in [1.54, 1.807) is 4.90 Å². The second-order valence-electron chi connectivity index (χ2n) is 6.52. The topological polar surface area (TPSA) is 69.6 Å². The highest BCUT2D eigenvalue weighted by atomic mass is 32.2. The lowest BCUT2D eigenvalue weighted by Crippen LogP contribution is -2.51. The van der Waals surface area contributed by atoms with Crippen LogP contribution in [0.2, 0.25) is 0 Å². The lowest BCUT2D eigenvalue weighted by atomic mass is 9.85. The molecular formula is C15H24N2O3S. The number of carboxylic acids is 1. The fourth-order valence-electron chi connectivity index (χ4n) is 4.04. The van der Waals surface area contributed by atoms with Gasteiger partial charge in [-0.2, -0.15) is 11.8 Å². The smallest absolute Gasteiger partial charge is 0.326 e. The van der Waals surface area contributed by atoms with Gasteiger partial charge >= 0.3 is 12.0 Å². The molecule has 3 fully saturated rings. The van der Waals surface area contributed by atoms with Crippen LogP contribution in [0.3, 0.4) is 0 Å². The van der Waals surface area contributed by atoms with E-state index in [1.165, 1.54) is 12.2 Å². The van der Waals surface area contributed by atoms with E-state index in [1.807, 2.05) is 11.8 Å². The number of thioether (sulfide) groups is 1. The van der Waals surface area contributed by atoms with Gasteiger partial charge in [-0.3, -0.25) is 0 Å². The summed E-state index contributed by atoms with van der Waals surface area (Å²) in [6.07, 6.45) is 6.09. The Labute approximate surface area is 129 Å². The maximum absolute atomic E-state index is 12.5. The molecule has 1 saturated carbocycles. The van der Waals surface area contributed by atoms with Crippen molar-refractivity contribution in [3.63, 3.8) is 0 Å². The molecule has 0 radical (unpaired) electrons. The molecule has 6 heteroatoms. The predicted octanol–water partition coefficient (Wildman–Crippen LogP) is 2.17. The van der Waals surface area contributed by atoms with E-state index in [0.29, 0.717) is 24.8 Å². The fraction of sp³-hybridized carbons (Fsp3) is 0.867. The first-order valence-electron chi connectivity index (χ1n) is 8.03. The third-order valence-electron chi connectivity index (χ3n) is 5.17. The lowest BCUT2D eigenvalue weighted by molar-refractivity contribution is -0.141. The second kappa shape index (κ2) is 6.46. The van der Waals surface area contributed by atoms with Crippen LogP contribution in [0, 0.1) is 11.8 Å². The summed E-state index contributed by atoms with van der Waals surface area (Å²) in [5, 5.41) is 12.4. The number of urea groups is 1. The molecule has 0 aromatic rings. The van der Waals surface area contributed by atoms with Gasteiger partial charge < -0.3 is 15.3 Å². The Morgan fingerprint density at radius 3 is 2.76 bits per heavy atom. The summed E-state index contributed by atoms with van der Waals surface area (Å²) in [4.78, 5) is 25.7. The average molecular weight is 312 g/mol. The third kappa shape index (κ3) is 3.15. The van der Waals surface area contributed by atoms with Gasteiger partial charge in [0.1, 0.15) is 6.04 Å². The molecule has 21 heavy (non-hydrogen) atoms. The first-order chi connectivity index (χ1) is 10.2. The first-order valence-corrected chi connectivity index (χ1v) is 9.19. The Kier molecular flexibility index (Phi) is 4.62. The van der Waals surface area contributed by atoms with Crippen molar-refractivity contribution >= 4 is 23.8 Å². The molecule has 4 unspecified atom stereocenters. The number of aliphatic carboxylic acids is 1. The minimum Gasteiger partial charge on any atom is -0.480 e. The number of amides is 2. The van der Waals surface area contributed by atoms with Gasteiger partial charge in [0.2, 0.25) is 0 Å². The molecule has 2 heterocycles. The molecule has 3 rings (SSSR count). The highest BCUT2D eigenvalue weighted by Crippen LogP contribution is 2.39. The summed E-state index contributed by atoms with van der Waals surface area (Å²) in [6, 6.07) is -0.650. The van der Waals surface area contributed by atoms with Crippen LogP contribution in [0.4, 0.5) is 4.79 Å². The van der Waals surface area contributed by atoms with Crippen molar-refractivity contribution in [3.05, 3.63) is 0 Å². The predicted molar refractivity (Wildman–Crippen MR) is 82.5 cm³/mol. The molecule has 4 atom stereocenters. The number of rotatable bonds is 3. The summed E-state index contributed by atoms with van der Waals surface area (Å²) >= 11 is 1.93. The van der Waals surface area contributed by atoms with Gasteiger partial charge in [0.25, 0.3) is 0 Å². The van der Waals surface area contributed by atoms with Gasteiger partial charge in [-0.1, -0.05) is 12.8 Å². The van der Waals surface area contributed by atoms with Crippen LogP contribution in [-0.2, 0) is 4.79 Å². The molecule has 0 spiro atoms. The number of hydrogen-bond acceptors (Lipinski definition) is 3. The highest BCUT2D eigenvalue weighted by molar-refractivity contribution is 7.99. The molecule has 2 N–H and O–H groups in total. The Morgan fingerprint density at radius 2 is 2.05 bits per heavy atom. The summed E-state index contributed by atoms with van der Waals surface area (Å²) in [6.45, 7) is 0.687. The molecule has 2 aliphatic heterocycles. The van der Waals surface area contributed by atoms with Crippen molar-refractivity contribution < 1.29 is 14.7 Å². The number of nitrogens with zero attached hydrogens (tertiary/aromatic N) is 1. The zero-order valence-electron chi connectivity index (χ0n) is 12.3. The summed E-state index contributed by atoms with van der Waals surface area (Å²) in [5.74, 6) is 2.36. The number of carboxylic acid groups (broad SMARTS) is 1. The van der Waals surface area contributed by atoms with Gasteiger partial charge in [-0.05, 0) is 49.0 Å². The van der Waals surface area contributed by atoms with E-state index in [4.69, 9.17) is 0 Å². The van der Waals surface area contributed by atoms with Crippen molar-refractivity contribution in [1.29, 1.82) is 0 Å². The minimum atomic E-state index is -0.851. The Bertz CT molecular complexity index is 412.